The molecule has 7 nitrogen and oxygen atoms in total. The van der Waals surface area contributed by atoms with Crippen molar-refractivity contribution < 1.29 is 10.4 Å². The molecule has 8 heteroatoms. The molecule has 2 amide bonds. The molecule has 0 bridgehead atoms. The molecule has 0 radical (unpaired) electrons. The fourth-order valence-electron chi connectivity index (χ4n) is 4.60. The molecule has 5 rings (SSSR count). The summed E-state index contributed by atoms with van der Waals surface area (Å²) in [5, 5.41) is 13.9. The SMILES string of the molecule is Cn1ncc2cc(S(N)(=O)=NC(=O)Nc3c4c(cc5c3CCC5)CCC4)ccc21.[HH]. The van der Waals surface area contributed by atoms with E-state index in [-0.39, 0.29) is 1.43 Å². The minimum atomic E-state index is -3.36. The number of fused-ring (bicyclic) bond motifs is 3. The molecule has 3 aromatic rings. The van der Waals surface area contributed by atoms with Crippen molar-refractivity contribution in [1.82, 2.24) is 9.78 Å². The van der Waals surface area contributed by atoms with Gasteiger partial charge in [-0.05, 0) is 79.0 Å². The third-order valence-electron chi connectivity index (χ3n) is 5.98. The van der Waals surface area contributed by atoms with Gasteiger partial charge in [0.05, 0.1) is 16.6 Å². The zero-order chi connectivity index (χ0) is 20.2. The normalized spacial score (nSPS) is 17.0. The first-order valence-corrected chi connectivity index (χ1v) is 11.4. The second-order valence-electron chi connectivity index (χ2n) is 7.81. The summed E-state index contributed by atoms with van der Waals surface area (Å²) in [5.74, 6) is 0. The van der Waals surface area contributed by atoms with Crippen molar-refractivity contribution in [3.05, 3.63) is 52.7 Å². The maximum atomic E-state index is 13.0. The van der Waals surface area contributed by atoms with Crippen molar-refractivity contribution in [1.29, 1.82) is 0 Å². The smallest absolute Gasteiger partial charge is 0.305 e. The second-order valence-corrected chi connectivity index (χ2v) is 9.60. The quantitative estimate of drug-likeness (QED) is 0.671. The molecule has 2 aromatic carbocycles. The van der Waals surface area contributed by atoms with Gasteiger partial charge < -0.3 is 5.32 Å². The Morgan fingerprint density at radius 2 is 1.86 bits per heavy atom. The number of aryl methyl sites for hydroxylation is 3. The van der Waals surface area contributed by atoms with Crippen molar-refractivity contribution in [3.8, 4) is 0 Å². The molecule has 1 atom stereocenters. The number of hydrogen-bond donors (Lipinski definition) is 2. The molecular weight excluding hydrogens is 386 g/mol. The Hall–Kier alpha value is -2.71. The van der Waals surface area contributed by atoms with Crippen LogP contribution in [-0.2, 0) is 42.6 Å². The van der Waals surface area contributed by atoms with E-state index in [4.69, 9.17) is 5.14 Å². The Labute approximate surface area is 171 Å². The van der Waals surface area contributed by atoms with Crippen molar-refractivity contribution in [2.75, 3.05) is 5.32 Å². The van der Waals surface area contributed by atoms with Crippen LogP contribution in [-0.4, -0.2) is 20.0 Å². The van der Waals surface area contributed by atoms with E-state index < -0.39 is 15.9 Å². The average Bonchev–Trinajstić information content (AvgIpc) is 3.41. The molecule has 0 aliphatic heterocycles. The van der Waals surface area contributed by atoms with Crippen LogP contribution in [0.2, 0.25) is 0 Å². The van der Waals surface area contributed by atoms with E-state index in [1.54, 1.807) is 29.1 Å². The minimum absolute atomic E-state index is 0. The van der Waals surface area contributed by atoms with Gasteiger partial charge in [-0.3, -0.25) is 4.68 Å². The van der Waals surface area contributed by atoms with Crippen LogP contribution in [0.4, 0.5) is 10.5 Å². The molecule has 2 aliphatic rings. The highest BCUT2D eigenvalue weighted by Gasteiger charge is 2.25. The van der Waals surface area contributed by atoms with Crippen LogP contribution in [0.1, 0.15) is 36.5 Å². The maximum absolute atomic E-state index is 13.0. The third kappa shape index (κ3) is 3.12. The molecule has 3 N–H and O–H groups in total. The van der Waals surface area contributed by atoms with E-state index in [2.05, 4.69) is 20.8 Å². The van der Waals surface area contributed by atoms with E-state index in [1.165, 1.54) is 22.3 Å². The lowest BCUT2D eigenvalue weighted by molar-refractivity contribution is 0.260. The Balaban J connectivity index is 0.00000218. The number of carbonyl (C=O) groups is 1. The highest BCUT2D eigenvalue weighted by Crippen LogP contribution is 2.38. The highest BCUT2D eigenvalue weighted by molar-refractivity contribution is 7.91. The second kappa shape index (κ2) is 6.67. The third-order valence-corrected chi connectivity index (χ3v) is 7.35. The van der Waals surface area contributed by atoms with Crippen LogP contribution in [0, 0.1) is 0 Å². The van der Waals surface area contributed by atoms with Gasteiger partial charge in [0.15, 0.2) is 0 Å². The summed E-state index contributed by atoms with van der Waals surface area (Å²) in [6.07, 6.45) is 7.85. The van der Waals surface area contributed by atoms with E-state index >= 15 is 0 Å². The predicted molar refractivity (Wildman–Crippen MR) is 115 cm³/mol. The van der Waals surface area contributed by atoms with Crippen molar-refractivity contribution >= 4 is 32.5 Å². The topological polar surface area (TPSA) is 102 Å². The van der Waals surface area contributed by atoms with Gasteiger partial charge in [0.1, 0.15) is 9.92 Å². The van der Waals surface area contributed by atoms with E-state index in [0.717, 1.165) is 55.1 Å². The number of nitrogens with one attached hydrogen (secondary N) is 1. The number of nitrogens with two attached hydrogens (primary N) is 1. The van der Waals surface area contributed by atoms with Crippen molar-refractivity contribution in [2.45, 2.75) is 43.4 Å². The predicted octanol–water partition coefficient (Wildman–Crippen LogP) is 3.73. The Morgan fingerprint density at radius 3 is 2.55 bits per heavy atom. The fourth-order valence-corrected chi connectivity index (χ4v) is 5.55. The fraction of sp³-hybridized carbons (Fsp3) is 0.333. The van der Waals surface area contributed by atoms with Gasteiger partial charge in [0, 0.05) is 19.5 Å². The molecule has 1 aromatic heterocycles. The molecule has 152 valence electrons. The number of amides is 2. The van der Waals surface area contributed by atoms with Crippen LogP contribution in [0.25, 0.3) is 10.9 Å². The van der Waals surface area contributed by atoms with E-state index in [1.807, 2.05) is 7.05 Å². The number of urea groups is 1. The average molecular weight is 412 g/mol. The minimum Gasteiger partial charge on any atom is -0.305 e. The van der Waals surface area contributed by atoms with Crippen LogP contribution < -0.4 is 10.5 Å². The lowest BCUT2D eigenvalue weighted by Crippen LogP contribution is -2.19. The molecule has 0 saturated heterocycles. The molecular formula is C21H25N5O2S. The number of hydrogen-bond acceptors (Lipinski definition) is 3. The van der Waals surface area contributed by atoms with Gasteiger partial charge in [-0.1, -0.05) is 6.07 Å². The molecule has 1 heterocycles. The van der Waals surface area contributed by atoms with Gasteiger partial charge in [-0.2, -0.15) is 5.10 Å². The lowest BCUT2D eigenvalue weighted by atomic mass is 9.99. The van der Waals surface area contributed by atoms with Crippen LogP contribution in [0.15, 0.2) is 39.7 Å². The number of benzene rings is 2. The summed E-state index contributed by atoms with van der Waals surface area (Å²) < 4.78 is 18.6. The molecule has 29 heavy (non-hydrogen) atoms. The summed E-state index contributed by atoms with van der Waals surface area (Å²) in [6.45, 7) is 0. The largest absolute Gasteiger partial charge is 0.354 e. The van der Waals surface area contributed by atoms with Gasteiger partial charge in [0.25, 0.3) is 0 Å². The van der Waals surface area contributed by atoms with Crippen LogP contribution >= 0.6 is 0 Å². The first kappa shape index (κ1) is 18.3. The standard InChI is InChI=1S/C21H23N5O2S.H2/c1-26-19-9-8-16(11-15(19)12-23-26)29(22,28)25-21(27)24-20-17-6-2-4-13(17)10-14-5-3-7-18(14)20;/h8-12H,2-7H2,1H3,(H3,22,24,25,27,28);1H. The number of anilines is 1. The zero-order valence-corrected chi connectivity index (χ0v) is 17.1. The molecule has 2 aliphatic carbocycles. The molecule has 0 fully saturated rings. The summed E-state index contributed by atoms with van der Waals surface area (Å²) in [6, 6.07) is 6.75. The summed E-state index contributed by atoms with van der Waals surface area (Å²) in [4.78, 5) is 13.0. The number of aromatic nitrogens is 2. The van der Waals surface area contributed by atoms with Gasteiger partial charge in [0.2, 0.25) is 0 Å². The summed E-state index contributed by atoms with van der Waals surface area (Å²) >= 11 is 0. The van der Waals surface area contributed by atoms with Crippen LogP contribution in [0.5, 0.6) is 0 Å². The van der Waals surface area contributed by atoms with Crippen molar-refractivity contribution in [2.24, 2.45) is 16.5 Å². The van der Waals surface area contributed by atoms with E-state index in [9.17, 15) is 9.00 Å². The molecule has 1 unspecified atom stereocenters. The van der Waals surface area contributed by atoms with Gasteiger partial charge in [-0.15, -0.1) is 4.36 Å². The monoisotopic (exact) mass is 411 g/mol. The first-order chi connectivity index (χ1) is 13.9. The van der Waals surface area contributed by atoms with E-state index in [0.29, 0.717) is 4.90 Å². The number of carbonyl (C=O) groups excluding carboxylic acids is 1. The summed E-state index contributed by atoms with van der Waals surface area (Å²) in [7, 11) is -1.53. The lowest BCUT2D eigenvalue weighted by Gasteiger charge is -2.15. The van der Waals surface area contributed by atoms with Crippen molar-refractivity contribution in [3.63, 3.8) is 0 Å². The number of rotatable bonds is 2. The highest BCUT2D eigenvalue weighted by atomic mass is 32.2. The number of nitrogens with zero attached hydrogens (tertiary/aromatic N) is 3. The Kier molecular flexibility index (Phi) is 4.22. The van der Waals surface area contributed by atoms with Crippen LogP contribution in [0.3, 0.4) is 0 Å². The Morgan fingerprint density at radius 1 is 1.17 bits per heavy atom. The Bertz CT molecular complexity index is 1260. The van der Waals surface area contributed by atoms with Gasteiger partial charge in [-0.25, -0.2) is 14.1 Å². The maximum Gasteiger partial charge on any atom is 0.354 e. The zero-order valence-electron chi connectivity index (χ0n) is 16.3. The first-order valence-electron chi connectivity index (χ1n) is 9.86. The summed E-state index contributed by atoms with van der Waals surface area (Å²) in [5.41, 5.74) is 6.81. The van der Waals surface area contributed by atoms with Gasteiger partial charge >= 0.3 is 6.03 Å². The molecule has 0 saturated carbocycles. The molecule has 0 spiro atoms.